The number of aromatic amines is 1. The Labute approximate surface area is 180 Å². The van der Waals surface area contributed by atoms with Crippen molar-refractivity contribution in [2.24, 2.45) is 5.41 Å². The summed E-state index contributed by atoms with van der Waals surface area (Å²) in [6.45, 7) is 0.710. The Balaban J connectivity index is 1.36. The van der Waals surface area contributed by atoms with Gasteiger partial charge in [-0.15, -0.1) is 0 Å². The zero-order valence-corrected chi connectivity index (χ0v) is 17.3. The number of fused-ring (bicyclic) bond motifs is 1. The summed E-state index contributed by atoms with van der Waals surface area (Å²) >= 11 is 0. The molecule has 0 saturated heterocycles. The molecule has 1 aromatic carbocycles. The lowest BCUT2D eigenvalue weighted by Crippen LogP contribution is -2.24. The number of hydrogen-bond donors (Lipinski definition) is 3. The van der Waals surface area contributed by atoms with Gasteiger partial charge in [-0.2, -0.15) is 0 Å². The van der Waals surface area contributed by atoms with Gasteiger partial charge in [0.15, 0.2) is 5.82 Å². The molecule has 158 valence electrons. The molecule has 1 atom stereocenters. The molecule has 0 radical (unpaired) electrons. The van der Waals surface area contributed by atoms with Gasteiger partial charge >= 0.3 is 0 Å². The second-order valence-corrected chi connectivity index (χ2v) is 9.05. The maximum absolute atomic E-state index is 9.91. The average Bonchev–Trinajstić information content (AvgIpc) is 3.14. The van der Waals surface area contributed by atoms with Crippen LogP contribution in [0.2, 0.25) is 0 Å². The molecule has 0 unspecified atom stereocenters. The number of rotatable bonds is 5. The van der Waals surface area contributed by atoms with Gasteiger partial charge in [0, 0.05) is 29.7 Å². The molecule has 3 heterocycles. The van der Waals surface area contributed by atoms with Crippen LogP contribution in [-0.4, -0.2) is 41.8 Å². The maximum atomic E-state index is 9.91. The van der Waals surface area contributed by atoms with Crippen LogP contribution in [0, 0.1) is 5.41 Å². The Morgan fingerprint density at radius 2 is 2.00 bits per heavy atom. The lowest BCUT2D eigenvalue weighted by molar-refractivity contribution is 0.101. The normalized spacial score (nSPS) is 25.2. The largest absolute Gasteiger partial charge is 0.393 e. The molecule has 0 aliphatic heterocycles. The van der Waals surface area contributed by atoms with E-state index in [4.69, 9.17) is 9.97 Å². The molecular weight excluding hydrogens is 388 g/mol. The molecule has 7 nitrogen and oxygen atoms in total. The van der Waals surface area contributed by atoms with Crippen LogP contribution < -0.4 is 5.32 Å². The average molecular weight is 415 g/mol. The number of benzene rings is 1. The monoisotopic (exact) mass is 414 g/mol. The summed E-state index contributed by atoms with van der Waals surface area (Å²) in [6.07, 6.45) is 10.6. The molecular formula is C24H26N6O. The van der Waals surface area contributed by atoms with Crippen LogP contribution in [0.3, 0.4) is 0 Å². The number of aromatic nitrogens is 5. The first-order valence-electron chi connectivity index (χ1n) is 11.0. The van der Waals surface area contributed by atoms with Crippen molar-refractivity contribution in [3.63, 3.8) is 0 Å². The summed E-state index contributed by atoms with van der Waals surface area (Å²) in [5.41, 5.74) is 3.24. The Morgan fingerprint density at radius 1 is 1.16 bits per heavy atom. The summed E-state index contributed by atoms with van der Waals surface area (Å²) in [5.74, 6) is 1.62. The number of aliphatic hydroxyl groups is 1. The Morgan fingerprint density at radius 3 is 2.77 bits per heavy atom. The standard InChI is InChI=1S/C24H26N6O/c31-18-6-8-24(9-7-18)13-20(24)27-23-19-12-17(14-30-11-10-25-15-30)26-22(19)28-21(29-23)16-4-2-1-3-5-16/h1-5,10-12,15,18,20,31H,6-9,13-14H2,(H2,26,27,28,29)/t18?,20-,24?/m0/s1. The highest BCUT2D eigenvalue weighted by Gasteiger charge is 2.55. The van der Waals surface area contributed by atoms with E-state index in [0.717, 1.165) is 66.0 Å². The maximum Gasteiger partial charge on any atom is 0.163 e. The molecule has 0 amide bonds. The van der Waals surface area contributed by atoms with Crippen molar-refractivity contribution in [1.82, 2.24) is 24.5 Å². The molecule has 2 fully saturated rings. The van der Waals surface area contributed by atoms with Crippen molar-refractivity contribution in [2.75, 3.05) is 5.32 Å². The minimum Gasteiger partial charge on any atom is -0.393 e. The van der Waals surface area contributed by atoms with E-state index in [0.29, 0.717) is 18.0 Å². The summed E-state index contributed by atoms with van der Waals surface area (Å²) in [5, 5.41) is 14.7. The van der Waals surface area contributed by atoms with Gasteiger partial charge in [-0.3, -0.25) is 0 Å². The number of hydrogen-bond acceptors (Lipinski definition) is 5. The first kappa shape index (κ1) is 18.6. The van der Waals surface area contributed by atoms with E-state index in [1.165, 1.54) is 0 Å². The molecule has 6 rings (SSSR count). The third-order valence-electron chi connectivity index (χ3n) is 6.94. The van der Waals surface area contributed by atoms with Crippen molar-refractivity contribution >= 4 is 16.9 Å². The minimum atomic E-state index is -0.127. The van der Waals surface area contributed by atoms with Crippen LogP contribution in [0.5, 0.6) is 0 Å². The molecule has 7 heteroatoms. The van der Waals surface area contributed by atoms with Crippen LogP contribution in [0.15, 0.2) is 55.1 Å². The van der Waals surface area contributed by atoms with Crippen LogP contribution in [-0.2, 0) is 6.54 Å². The molecule has 3 aromatic heterocycles. The number of nitrogens with zero attached hydrogens (tertiary/aromatic N) is 4. The van der Waals surface area contributed by atoms with E-state index < -0.39 is 0 Å². The second kappa shape index (κ2) is 7.20. The topological polar surface area (TPSA) is 91.6 Å². The fourth-order valence-electron chi connectivity index (χ4n) is 5.00. The first-order valence-corrected chi connectivity index (χ1v) is 11.0. The number of anilines is 1. The summed E-state index contributed by atoms with van der Waals surface area (Å²) in [6, 6.07) is 12.7. The molecule has 0 bridgehead atoms. The Kier molecular flexibility index (Phi) is 4.31. The molecule has 2 aliphatic carbocycles. The van der Waals surface area contributed by atoms with E-state index >= 15 is 0 Å². The van der Waals surface area contributed by atoms with Gasteiger partial charge in [-0.05, 0) is 43.6 Å². The predicted octanol–water partition coefficient (Wildman–Crippen LogP) is 3.98. The van der Waals surface area contributed by atoms with Gasteiger partial charge in [0.1, 0.15) is 11.5 Å². The number of imidazole rings is 1. The van der Waals surface area contributed by atoms with E-state index in [-0.39, 0.29) is 6.10 Å². The van der Waals surface area contributed by atoms with Crippen LogP contribution in [0.25, 0.3) is 22.4 Å². The van der Waals surface area contributed by atoms with Crippen LogP contribution in [0.1, 0.15) is 37.8 Å². The minimum absolute atomic E-state index is 0.127. The molecule has 31 heavy (non-hydrogen) atoms. The summed E-state index contributed by atoms with van der Waals surface area (Å²) in [4.78, 5) is 17.4. The lowest BCUT2D eigenvalue weighted by Gasteiger charge is -2.26. The predicted molar refractivity (Wildman–Crippen MR) is 120 cm³/mol. The van der Waals surface area contributed by atoms with Gasteiger partial charge < -0.3 is 20.0 Å². The fraction of sp³-hybridized carbons (Fsp3) is 0.375. The SMILES string of the molecule is OC1CCC2(CC1)C[C@@H]2Nc1nc(-c2ccccc2)nc2[nH]c(Cn3ccnc3)cc12. The van der Waals surface area contributed by atoms with Crippen molar-refractivity contribution in [1.29, 1.82) is 0 Å². The smallest absolute Gasteiger partial charge is 0.163 e. The van der Waals surface area contributed by atoms with Gasteiger partial charge in [-0.1, -0.05) is 30.3 Å². The Bertz CT molecular complexity index is 1190. The van der Waals surface area contributed by atoms with Gasteiger partial charge in [0.05, 0.1) is 24.4 Å². The van der Waals surface area contributed by atoms with Gasteiger partial charge in [-0.25, -0.2) is 15.0 Å². The van der Waals surface area contributed by atoms with Crippen LogP contribution >= 0.6 is 0 Å². The zero-order chi connectivity index (χ0) is 20.8. The second-order valence-electron chi connectivity index (χ2n) is 9.05. The number of nitrogens with one attached hydrogen (secondary N) is 2. The third kappa shape index (κ3) is 3.49. The zero-order valence-electron chi connectivity index (χ0n) is 17.3. The quantitative estimate of drug-likeness (QED) is 0.460. The van der Waals surface area contributed by atoms with E-state index in [9.17, 15) is 5.11 Å². The molecule has 2 aliphatic rings. The van der Waals surface area contributed by atoms with Gasteiger partial charge in [0.2, 0.25) is 0 Å². The highest BCUT2D eigenvalue weighted by atomic mass is 16.3. The van der Waals surface area contributed by atoms with Gasteiger partial charge in [0.25, 0.3) is 0 Å². The number of aliphatic hydroxyl groups excluding tert-OH is 1. The fourth-order valence-corrected chi connectivity index (χ4v) is 5.00. The van der Waals surface area contributed by atoms with E-state index in [2.05, 4.69) is 21.4 Å². The molecule has 3 N–H and O–H groups in total. The van der Waals surface area contributed by atoms with E-state index in [1.807, 2.05) is 47.4 Å². The molecule has 1 spiro atoms. The third-order valence-corrected chi connectivity index (χ3v) is 6.94. The summed E-state index contributed by atoms with van der Waals surface area (Å²) < 4.78 is 2.03. The highest BCUT2D eigenvalue weighted by Crippen LogP contribution is 2.57. The van der Waals surface area contributed by atoms with Crippen molar-refractivity contribution < 1.29 is 5.11 Å². The van der Waals surface area contributed by atoms with E-state index in [1.54, 1.807) is 6.20 Å². The van der Waals surface area contributed by atoms with Crippen LogP contribution in [0.4, 0.5) is 5.82 Å². The number of H-pyrrole nitrogens is 1. The highest BCUT2D eigenvalue weighted by molar-refractivity contribution is 5.89. The Hall–Kier alpha value is -3.19. The molecule has 2 saturated carbocycles. The van der Waals surface area contributed by atoms with Crippen molar-refractivity contribution in [2.45, 2.75) is 50.8 Å². The lowest BCUT2D eigenvalue weighted by atomic mass is 9.84. The van der Waals surface area contributed by atoms with Crippen molar-refractivity contribution in [3.8, 4) is 11.4 Å². The summed E-state index contributed by atoms with van der Waals surface area (Å²) in [7, 11) is 0. The first-order chi connectivity index (χ1) is 15.2. The van der Waals surface area contributed by atoms with Crippen molar-refractivity contribution in [3.05, 3.63) is 60.8 Å². The molecule has 4 aromatic rings.